The summed E-state index contributed by atoms with van der Waals surface area (Å²) in [7, 11) is 2.10. The van der Waals surface area contributed by atoms with E-state index < -0.39 is 95.7 Å². The van der Waals surface area contributed by atoms with Gasteiger partial charge in [0.2, 0.25) is 41.4 Å². The number of hydrogen-bond donors (Lipinski definition) is 13. The van der Waals surface area contributed by atoms with Crippen LogP contribution in [0.2, 0.25) is 0 Å². The van der Waals surface area contributed by atoms with E-state index in [1.165, 1.54) is 19.1 Å². The van der Waals surface area contributed by atoms with Gasteiger partial charge in [-0.1, -0.05) is 82.3 Å². The van der Waals surface area contributed by atoms with Gasteiger partial charge in [-0.25, -0.2) is 0 Å². The lowest BCUT2D eigenvalue weighted by Gasteiger charge is -2.27. The highest BCUT2D eigenvalue weighted by Gasteiger charge is 2.35. The average molecular weight is 1010 g/mol. The largest absolute Gasteiger partial charge is 0.508 e. The minimum Gasteiger partial charge on any atom is -0.508 e. The molecule has 1 aliphatic rings. The van der Waals surface area contributed by atoms with Gasteiger partial charge < -0.3 is 69.4 Å². The number of unbranched alkanes of at least 4 members (excludes halogenated alkanes) is 1. The fourth-order valence-electron chi connectivity index (χ4n) is 7.18. The molecule has 0 unspecified atom stereocenters. The number of phenols is 1. The van der Waals surface area contributed by atoms with Crippen molar-refractivity contribution in [2.75, 3.05) is 18.1 Å². The molecule has 16 N–H and O–H groups in total. The second-order valence-corrected chi connectivity index (χ2v) is 19.1. The molecule has 378 valence electrons. The third-order valence-electron chi connectivity index (χ3n) is 10.9. The number of carboxylic acid groups (broad SMARTS) is 1. The number of fused-ring (bicyclic) bond motifs is 1. The quantitative estimate of drug-likeness (QED) is 0.0503. The number of hydrogen-bond acceptors (Lipinski definition) is 14. The van der Waals surface area contributed by atoms with Crippen LogP contribution in [0, 0.1) is 0 Å². The summed E-state index contributed by atoms with van der Waals surface area (Å²) in [6, 6.07) is 13.2. The summed E-state index contributed by atoms with van der Waals surface area (Å²) in [4.78, 5) is 109. The van der Waals surface area contributed by atoms with E-state index in [0.29, 0.717) is 30.5 Å². The second-order valence-electron chi connectivity index (χ2n) is 16.5. The second kappa shape index (κ2) is 28.1. The van der Waals surface area contributed by atoms with Gasteiger partial charge in [0, 0.05) is 48.4 Å². The van der Waals surface area contributed by atoms with Crippen molar-refractivity contribution in [2.24, 2.45) is 17.2 Å². The number of phenolic OH excluding ortho intramolecular Hbond substituents is 1. The molecule has 1 saturated heterocycles. The Labute approximate surface area is 412 Å². The number of aliphatic hydroxyl groups excluding tert-OH is 1. The number of rotatable bonds is 16. The number of benzene rings is 3. The summed E-state index contributed by atoms with van der Waals surface area (Å²) in [5, 5.41) is 44.5. The predicted molar refractivity (Wildman–Crippen MR) is 266 cm³/mol. The van der Waals surface area contributed by atoms with Crippen molar-refractivity contribution in [3.63, 3.8) is 0 Å². The minimum absolute atomic E-state index is 0.0267. The van der Waals surface area contributed by atoms with Crippen molar-refractivity contribution in [1.82, 2.24) is 36.9 Å². The molecule has 23 heteroatoms. The van der Waals surface area contributed by atoms with Gasteiger partial charge in [-0.05, 0) is 74.0 Å². The zero-order chi connectivity index (χ0) is 51.3. The number of aliphatic hydroxyl groups is 1. The summed E-state index contributed by atoms with van der Waals surface area (Å²) in [6.45, 7) is 2.64. The van der Waals surface area contributed by atoms with E-state index in [1.54, 1.807) is 42.6 Å². The Hall–Kier alpha value is -6.66. The highest BCUT2D eigenvalue weighted by Crippen LogP contribution is 2.25. The van der Waals surface area contributed by atoms with E-state index >= 15 is 0 Å². The molecule has 5 rings (SSSR count). The standard InChI is InChI=1S/C45H58N10O9S2.C2H4O2/c1-25(56)38(39(48)58)55-45(64)37-24-66-65-23-36(53-40(59)31(47)19-26-9-3-2-4-10-26)44(63)51-34(20-27-14-16-29(57)17-15-27)42(61)52-35(21-28-22-49-32-12-6-5-11-30(28)32)43(62)50-33(41(60)54-37)13-7-8-18-46;1-2(3)4/h2-6,9-12,14-17,22,25,31,33-38,49,56-57H,7-8,13,18-21,23-24,46-47H2,1H3,(H2,48,58)(H,50,62)(H,51,63)(H,52,61)(H,53,59)(H,54,60)(H,55,64);1H3,(H,3,4)/t25-,31-,33+,34+,35-,36+,37+,38+;/m1./s1. The summed E-state index contributed by atoms with van der Waals surface area (Å²) in [5.74, 6) is -6.77. The van der Waals surface area contributed by atoms with Crippen LogP contribution >= 0.6 is 21.6 Å². The molecule has 0 saturated carbocycles. The molecule has 2 heterocycles. The number of primary amides is 1. The van der Waals surface area contributed by atoms with Gasteiger partial charge in [0.15, 0.2) is 0 Å². The molecule has 0 bridgehead atoms. The van der Waals surface area contributed by atoms with E-state index in [-0.39, 0.29) is 42.9 Å². The Morgan fingerprint density at radius 3 is 2.00 bits per heavy atom. The smallest absolute Gasteiger partial charge is 0.300 e. The number of carbonyl (C=O) groups excluding carboxylic acids is 7. The first-order valence-electron chi connectivity index (χ1n) is 22.4. The predicted octanol–water partition coefficient (Wildman–Crippen LogP) is -0.381. The number of nitrogens with two attached hydrogens (primary N) is 3. The van der Waals surface area contributed by atoms with Crippen molar-refractivity contribution in [3.8, 4) is 5.75 Å². The molecule has 70 heavy (non-hydrogen) atoms. The lowest BCUT2D eigenvalue weighted by molar-refractivity contribution is -0.135. The van der Waals surface area contributed by atoms with Gasteiger partial charge in [-0.3, -0.25) is 38.4 Å². The third kappa shape index (κ3) is 18.0. The van der Waals surface area contributed by atoms with Crippen LogP contribution in [0.1, 0.15) is 49.8 Å². The molecule has 1 aromatic heterocycles. The number of para-hydroxylation sites is 1. The van der Waals surface area contributed by atoms with Gasteiger partial charge in [0.05, 0.1) is 12.1 Å². The molecule has 0 radical (unpaired) electrons. The first kappa shape index (κ1) is 55.9. The van der Waals surface area contributed by atoms with Crippen LogP contribution in [0.4, 0.5) is 0 Å². The van der Waals surface area contributed by atoms with Gasteiger partial charge in [0.1, 0.15) is 42.0 Å². The summed E-state index contributed by atoms with van der Waals surface area (Å²) >= 11 is 0. The summed E-state index contributed by atoms with van der Waals surface area (Å²) in [5.41, 5.74) is 20.3. The van der Waals surface area contributed by atoms with Crippen molar-refractivity contribution < 1.29 is 53.7 Å². The number of aromatic amines is 1. The number of nitrogens with one attached hydrogen (secondary N) is 7. The SMILES string of the molecule is CC(=O)O.C[C@@H](O)[C@H](NC(=O)[C@@H]1CSSC[C@H](NC(=O)[C@H](N)Cc2ccccc2)C(=O)N[C@@H](Cc2ccc(O)cc2)C(=O)N[C@H](Cc2c[nH]c3ccccc23)C(=O)N[C@@H](CCCCN)C(=O)N1)C(N)=O. The van der Waals surface area contributed by atoms with E-state index in [0.717, 1.165) is 45.0 Å². The fourth-order valence-corrected chi connectivity index (χ4v) is 9.51. The fraction of sp³-hybridized carbons (Fsp3) is 0.404. The minimum atomic E-state index is -1.51. The lowest BCUT2D eigenvalue weighted by atomic mass is 10.0. The van der Waals surface area contributed by atoms with Crippen LogP contribution < -0.4 is 49.1 Å². The van der Waals surface area contributed by atoms with E-state index in [4.69, 9.17) is 27.1 Å². The van der Waals surface area contributed by atoms with Crippen LogP contribution in [0.15, 0.2) is 85.1 Å². The van der Waals surface area contributed by atoms with Gasteiger partial charge >= 0.3 is 0 Å². The molecule has 4 aromatic rings. The van der Waals surface area contributed by atoms with Crippen LogP contribution in [0.3, 0.4) is 0 Å². The highest BCUT2D eigenvalue weighted by molar-refractivity contribution is 8.76. The molecule has 8 atom stereocenters. The number of carboxylic acids is 1. The number of aromatic nitrogens is 1. The van der Waals surface area contributed by atoms with Crippen LogP contribution in [-0.2, 0) is 57.6 Å². The number of amides is 7. The Balaban J connectivity index is 0.00000256. The molecule has 1 aliphatic heterocycles. The number of H-pyrrole nitrogens is 1. The van der Waals surface area contributed by atoms with Crippen molar-refractivity contribution in [2.45, 2.75) is 101 Å². The topological polar surface area (TPSA) is 363 Å². The van der Waals surface area contributed by atoms with Crippen molar-refractivity contribution >= 4 is 79.8 Å². The maximum atomic E-state index is 14.6. The lowest BCUT2D eigenvalue weighted by Crippen LogP contribution is -2.61. The maximum Gasteiger partial charge on any atom is 0.300 e. The number of carbonyl (C=O) groups is 8. The molecule has 0 spiro atoms. The third-order valence-corrected chi connectivity index (χ3v) is 13.3. The Morgan fingerprint density at radius 1 is 0.771 bits per heavy atom. The molecule has 7 amide bonds. The Bertz CT molecular complexity index is 2400. The summed E-state index contributed by atoms with van der Waals surface area (Å²) < 4.78 is 0. The van der Waals surface area contributed by atoms with E-state index in [2.05, 4.69) is 36.9 Å². The van der Waals surface area contributed by atoms with Crippen LogP contribution in [0.5, 0.6) is 5.75 Å². The van der Waals surface area contributed by atoms with Crippen molar-refractivity contribution in [1.29, 1.82) is 0 Å². The number of aromatic hydroxyl groups is 1. The van der Waals surface area contributed by atoms with E-state index in [1.807, 2.05) is 30.3 Å². The molecular formula is C47H62N10O11S2. The molecular weight excluding hydrogens is 945 g/mol. The maximum absolute atomic E-state index is 14.6. The van der Waals surface area contributed by atoms with Crippen LogP contribution in [-0.4, -0.2) is 134 Å². The van der Waals surface area contributed by atoms with Gasteiger partial charge in [-0.2, -0.15) is 0 Å². The zero-order valence-electron chi connectivity index (χ0n) is 38.7. The zero-order valence-corrected chi connectivity index (χ0v) is 40.4. The highest BCUT2D eigenvalue weighted by atomic mass is 33.1. The van der Waals surface area contributed by atoms with Crippen LogP contribution in [0.25, 0.3) is 10.9 Å². The molecule has 1 fully saturated rings. The van der Waals surface area contributed by atoms with Crippen molar-refractivity contribution in [3.05, 3.63) is 102 Å². The molecule has 3 aromatic carbocycles. The number of aliphatic carboxylic acids is 1. The first-order valence-corrected chi connectivity index (χ1v) is 24.9. The Kier molecular flexibility index (Phi) is 22.5. The first-order chi connectivity index (χ1) is 33.4. The molecule has 21 nitrogen and oxygen atoms in total. The average Bonchev–Trinajstić information content (AvgIpc) is 3.72. The van der Waals surface area contributed by atoms with Gasteiger partial charge in [-0.15, -0.1) is 0 Å². The summed E-state index contributed by atoms with van der Waals surface area (Å²) in [6.07, 6.45) is 1.27. The Morgan fingerprint density at radius 2 is 1.36 bits per heavy atom. The molecule has 0 aliphatic carbocycles. The van der Waals surface area contributed by atoms with E-state index in [9.17, 15) is 43.8 Å². The van der Waals surface area contributed by atoms with Gasteiger partial charge in [0.25, 0.3) is 5.97 Å². The normalized spacial score (nSPS) is 20.6. The monoisotopic (exact) mass is 1010 g/mol.